The van der Waals surface area contributed by atoms with Crippen LogP contribution >= 0.6 is 11.8 Å². The minimum Gasteiger partial charge on any atom is -0.467 e. The van der Waals surface area contributed by atoms with Gasteiger partial charge in [0.15, 0.2) is 0 Å². The number of hydrogen-bond acceptors (Lipinski definition) is 6. The van der Waals surface area contributed by atoms with Gasteiger partial charge in [0.05, 0.1) is 18.9 Å². The average molecular weight is 457 g/mol. The van der Waals surface area contributed by atoms with Gasteiger partial charge >= 0.3 is 12.0 Å². The molecular weight excluding hydrogens is 420 g/mol. The summed E-state index contributed by atoms with van der Waals surface area (Å²) in [7, 11) is 1.28. The molecule has 1 heterocycles. The first-order valence-electron chi connectivity index (χ1n) is 11.0. The smallest absolute Gasteiger partial charge is 0.328 e. The third-order valence-electron chi connectivity index (χ3n) is 5.89. The minimum atomic E-state index is -0.795. The second-order valence-electron chi connectivity index (χ2n) is 8.63. The molecular formula is C21H36N4O5S. The fourth-order valence-electron chi connectivity index (χ4n) is 4.20. The van der Waals surface area contributed by atoms with Gasteiger partial charge in [-0.3, -0.25) is 9.59 Å². The number of ether oxygens (including phenoxy) is 1. The number of amides is 4. The molecule has 0 radical (unpaired) electrons. The fourth-order valence-corrected chi connectivity index (χ4v) is 4.62. The number of carbonyl (C=O) groups excluding carboxylic acids is 4. The van der Waals surface area contributed by atoms with Crippen LogP contribution in [0.4, 0.5) is 4.79 Å². The van der Waals surface area contributed by atoms with Crippen molar-refractivity contribution in [2.45, 2.75) is 76.5 Å². The van der Waals surface area contributed by atoms with Crippen LogP contribution in [0.15, 0.2) is 0 Å². The predicted octanol–water partition coefficient (Wildman–Crippen LogP) is 1.26. The lowest BCUT2D eigenvalue weighted by molar-refractivity contribution is -0.147. The number of nitrogens with one attached hydrogen (secondary N) is 3. The van der Waals surface area contributed by atoms with E-state index in [4.69, 9.17) is 4.74 Å². The van der Waals surface area contributed by atoms with Crippen molar-refractivity contribution < 1.29 is 23.9 Å². The highest BCUT2D eigenvalue weighted by atomic mass is 32.2. The van der Waals surface area contributed by atoms with Crippen LogP contribution in [-0.2, 0) is 19.1 Å². The molecule has 1 aliphatic carbocycles. The van der Waals surface area contributed by atoms with Crippen LogP contribution in [0.25, 0.3) is 0 Å². The van der Waals surface area contributed by atoms with Gasteiger partial charge in [-0.15, -0.1) is 0 Å². The van der Waals surface area contributed by atoms with Crippen LogP contribution in [-0.4, -0.2) is 78.5 Å². The van der Waals surface area contributed by atoms with Gasteiger partial charge in [-0.2, -0.15) is 11.8 Å². The summed E-state index contributed by atoms with van der Waals surface area (Å²) in [5.74, 6) is -1.01. The summed E-state index contributed by atoms with van der Waals surface area (Å²) < 4.78 is 4.79. The third kappa shape index (κ3) is 7.29. The van der Waals surface area contributed by atoms with Gasteiger partial charge in [0, 0.05) is 12.6 Å². The topological polar surface area (TPSA) is 117 Å². The zero-order valence-corrected chi connectivity index (χ0v) is 19.8. The zero-order chi connectivity index (χ0) is 23.0. The summed E-state index contributed by atoms with van der Waals surface area (Å²) in [6.45, 7) is 3.89. The molecule has 2 fully saturated rings. The van der Waals surface area contributed by atoms with Gasteiger partial charge in [0.2, 0.25) is 11.8 Å². The summed E-state index contributed by atoms with van der Waals surface area (Å²) in [5, 5.41) is 8.67. The number of likely N-dealkylation sites (tertiary alicyclic amines) is 1. The van der Waals surface area contributed by atoms with Gasteiger partial charge < -0.3 is 25.6 Å². The first-order valence-corrected chi connectivity index (χ1v) is 12.4. The van der Waals surface area contributed by atoms with E-state index in [1.807, 2.05) is 20.1 Å². The van der Waals surface area contributed by atoms with Gasteiger partial charge in [-0.25, -0.2) is 9.59 Å². The Labute approximate surface area is 188 Å². The number of hydrogen-bond donors (Lipinski definition) is 3. The molecule has 4 amide bonds. The Morgan fingerprint density at radius 3 is 2.29 bits per heavy atom. The maximum atomic E-state index is 13.0. The number of urea groups is 1. The molecule has 9 nitrogen and oxygen atoms in total. The van der Waals surface area contributed by atoms with Crippen molar-refractivity contribution in [3.05, 3.63) is 0 Å². The van der Waals surface area contributed by atoms with Crippen molar-refractivity contribution in [3.63, 3.8) is 0 Å². The van der Waals surface area contributed by atoms with Crippen molar-refractivity contribution in [2.75, 3.05) is 25.7 Å². The molecule has 176 valence electrons. The molecule has 0 spiro atoms. The van der Waals surface area contributed by atoms with Gasteiger partial charge in [-0.05, 0) is 31.4 Å². The lowest BCUT2D eigenvalue weighted by Crippen LogP contribution is -2.53. The average Bonchev–Trinajstić information content (AvgIpc) is 3.15. The first-order chi connectivity index (χ1) is 14.8. The molecule has 0 aromatic heterocycles. The molecule has 2 rings (SSSR count). The summed E-state index contributed by atoms with van der Waals surface area (Å²) in [6, 6.07) is -1.96. The van der Waals surface area contributed by atoms with Gasteiger partial charge in [0.1, 0.15) is 12.1 Å². The largest absolute Gasteiger partial charge is 0.467 e. The standard InChI is InChI=1S/C21H36N4O5S/c1-13(2)18(20(28)30-3)24-19(27)16-10-15(11-25(16)17(26)12-31-4)23-21(29)22-14-8-6-5-7-9-14/h13-16,18H,5-12H2,1-4H3,(H,24,27)(H2,22,23,29). The molecule has 31 heavy (non-hydrogen) atoms. The van der Waals surface area contributed by atoms with E-state index >= 15 is 0 Å². The molecule has 10 heteroatoms. The third-order valence-corrected chi connectivity index (χ3v) is 6.42. The Bertz CT molecular complexity index is 654. The van der Waals surface area contributed by atoms with E-state index in [2.05, 4.69) is 16.0 Å². The number of carbonyl (C=O) groups is 4. The number of thioether (sulfide) groups is 1. The van der Waals surface area contributed by atoms with E-state index in [-0.39, 0.29) is 42.2 Å². The summed E-state index contributed by atoms with van der Waals surface area (Å²) in [5.41, 5.74) is 0. The first kappa shape index (κ1) is 25.3. The van der Waals surface area contributed by atoms with Crippen LogP contribution < -0.4 is 16.0 Å². The lowest BCUT2D eigenvalue weighted by atomic mass is 9.96. The molecule has 3 unspecified atom stereocenters. The second-order valence-corrected chi connectivity index (χ2v) is 9.50. The predicted molar refractivity (Wildman–Crippen MR) is 120 cm³/mol. The Balaban J connectivity index is 2.03. The molecule has 0 aromatic carbocycles. The minimum absolute atomic E-state index is 0.163. The van der Waals surface area contributed by atoms with Crippen LogP contribution in [0.3, 0.4) is 0 Å². The van der Waals surface area contributed by atoms with Crippen molar-refractivity contribution in [1.82, 2.24) is 20.9 Å². The Hall–Kier alpha value is -1.97. The molecule has 2 aliphatic rings. The Morgan fingerprint density at radius 2 is 1.71 bits per heavy atom. The van der Waals surface area contributed by atoms with E-state index in [1.165, 1.54) is 30.2 Å². The molecule has 0 aromatic rings. The Morgan fingerprint density at radius 1 is 1.06 bits per heavy atom. The quantitative estimate of drug-likeness (QED) is 0.474. The lowest BCUT2D eigenvalue weighted by Gasteiger charge is -2.26. The van der Waals surface area contributed by atoms with E-state index in [0.29, 0.717) is 6.42 Å². The fraction of sp³-hybridized carbons (Fsp3) is 0.810. The van der Waals surface area contributed by atoms with E-state index in [0.717, 1.165) is 25.7 Å². The highest BCUT2D eigenvalue weighted by Crippen LogP contribution is 2.21. The van der Waals surface area contributed by atoms with Crippen molar-refractivity contribution in [3.8, 4) is 0 Å². The number of nitrogens with zero attached hydrogens (tertiary/aromatic N) is 1. The SMILES string of the molecule is COC(=O)C(NC(=O)C1CC(NC(=O)NC2CCCCC2)CN1C(=O)CSC)C(C)C. The molecule has 3 N–H and O–H groups in total. The van der Waals surface area contributed by atoms with Crippen LogP contribution in [0.2, 0.25) is 0 Å². The zero-order valence-electron chi connectivity index (χ0n) is 18.9. The van der Waals surface area contributed by atoms with E-state index in [1.54, 1.807) is 0 Å². The molecule has 1 aliphatic heterocycles. The second kappa shape index (κ2) is 12.2. The van der Waals surface area contributed by atoms with Crippen molar-refractivity contribution >= 4 is 35.6 Å². The van der Waals surface area contributed by atoms with Crippen molar-refractivity contribution in [2.24, 2.45) is 5.92 Å². The highest BCUT2D eigenvalue weighted by molar-refractivity contribution is 7.99. The molecule has 0 bridgehead atoms. The maximum absolute atomic E-state index is 13.0. The molecule has 1 saturated heterocycles. The molecule has 1 saturated carbocycles. The van der Waals surface area contributed by atoms with Crippen LogP contribution in [0.5, 0.6) is 0 Å². The number of esters is 1. The monoisotopic (exact) mass is 456 g/mol. The van der Waals surface area contributed by atoms with Crippen LogP contribution in [0.1, 0.15) is 52.4 Å². The van der Waals surface area contributed by atoms with Crippen molar-refractivity contribution in [1.29, 1.82) is 0 Å². The van der Waals surface area contributed by atoms with Crippen LogP contribution in [0, 0.1) is 5.92 Å². The highest BCUT2D eigenvalue weighted by Gasteiger charge is 2.41. The normalized spacial score (nSPS) is 22.7. The van der Waals surface area contributed by atoms with Gasteiger partial charge in [-0.1, -0.05) is 33.1 Å². The van der Waals surface area contributed by atoms with E-state index in [9.17, 15) is 19.2 Å². The summed E-state index contributed by atoms with van der Waals surface area (Å²) in [6.07, 6.45) is 7.51. The van der Waals surface area contributed by atoms with E-state index < -0.39 is 24.0 Å². The molecule has 3 atom stereocenters. The summed E-state index contributed by atoms with van der Waals surface area (Å²) >= 11 is 1.38. The number of methoxy groups -OCH3 is 1. The maximum Gasteiger partial charge on any atom is 0.328 e. The van der Waals surface area contributed by atoms with Gasteiger partial charge in [0.25, 0.3) is 0 Å². The summed E-state index contributed by atoms with van der Waals surface area (Å²) in [4.78, 5) is 51.6. The Kier molecular flexibility index (Phi) is 9.93. The number of rotatable bonds is 8.